The van der Waals surface area contributed by atoms with Crippen LogP contribution in [0.15, 0.2) is 30.9 Å². The van der Waals surface area contributed by atoms with Gasteiger partial charge in [0.05, 0.1) is 19.3 Å². The largest absolute Gasteiger partial charge is 0.495 e. The van der Waals surface area contributed by atoms with Gasteiger partial charge in [0.15, 0.2) is 0 Å². The molecule has 1 saturated heterocycles. The molecule has 1 aliphatic heterocycles. The fourth-order valence-corrected chi connectivity index (χ4v) is 2.91. The van der Waals surface area contributed by atoms with Crippen LogP contribution in [0.2, 0.25) is 5.02 Å². The van der Waals surface area contributed by atoms with Crippen molar-refractivity contribution in [2.45, 2.75) is 6.54 Å². The maximum Gasteiger partial charge on any atom is 0.322 e. The molecule has 3 rings (SSSR count). The van der Waals surface area contributed by atoms with Gasteiger partial charge in [0.1, 0.15) is 18.4 Å². The van der Waals surface area contributed by atoms with Crippen LogP contribution in [0.25, 0.3) is 0 Å². The Morgan fingerprint density at radius 1 is 1.28 bits per heavy atom. The van der Waals surface area contributed by atoms with Crippen molar-refractivity contribution in [2.24, 2.45) is 0 Å². The fourth-order valence-electron chi connectivity index (χ4n) is 2.74. The van der Waals surface area contributed by atoms with Crippen LogP contribution < -0.4 is 10.1 Å². The van der Waals surface area contributed by atoms with Crippen LogP contribution in [0.4, 0.5) is 10.5 Å². The number of aromatic nitrogens is 3. The summed E-state index contributed by atoms with van der Waals surface area (Å²) in [7, 11) is 1.56. The average Bonchev–Trinajstić information content (AvgIpc) is 3.14. The van der Waals surface area contributed by atoms with Crippen molar-refractivity contribution in [3.05, 3.63) is 35.9 Å². The van der Waals surface area contributed by atoms with Crippen LogP contribution in [-0.2, 0) is 6.54 Å². The molecule has 0 aliphatic carbocycles. The van der Waals surface area contributed by atoms with E-state index in [1.54, 1.807) is 36.5 Å². The molecule has 0 atom stereocenters. The summed E-state index contributed by atoms with van der Waals surface area (Å²) >= 11 is 6.00. The minimum absolute atomic E-state index is 0.142. The first-order valence-corrected chi connectivity index (χ1v) is 8.48. The summed E-state index contributed by atoms with van der Waals surface area (Å²) in [5.74, 6) is 0.587. The van der Waals surface area contributed by atoms with Gasteiger partial charge < -0.3 is 15.0 Å². The third-order valence-electron chi connectivity index (χ3n) is 4.17. The predicted molar refractivity (Wildman–Crippen MR) is 95.1 cm³/mol. The van der Waals surface area contributed by atoms with E-state index in [1.807, 2.05) is 4.68 Å². The van der Waals surface area contributed by atoms with Crippen LogP contribution in [-0.4, -0.2) is 70.4 Å². The Labute approximate surface area is 151 Å². The number of rotatable bonds is 5. The van der Waals surface area contributed by atoms with Gasteiger partial charge in [-0.2, -0.15) is 5.10 Å². The molecule has 1 fully saturated rings. The first-order valence-electron chi connectivity index (χ1n) is 8.10. The molecule has 2 amide bonds. The molecule has 0 spiro atoms. The van der Waals surface area contributed by atoms with E-state index >= 15 is 0 Å². The molecular weight excluding hydrogens is 344 g/mol. The topological polar surface area (TPSA) is 75.5 Å². The zero-order valence-electron chi connectivity index (χ0n) is 14.1. The number of amides is 2. The number of ether oxygens (including phenoxy) is 1. The summed E-state index contributed by atoms with van der Waals surface area (Å²) in [5, 5.41) is 7.52. The highest BCUT2D eigenvalue weighted by Gasteiger charge is 2.21. The molecule has 0 unspecified atom stereocenters. The highest BCUT2D eigenvalue weighted by atomic mass is 35.5. The second-order valence-corrected chi connectivity index (χ2v) is 6.20. The highest BCUT2D eigenvalue weighted by molar-refractivity contribution is 6.31. The number of halogens is 1. The lowest BCUT2D eigenvalue weighted by Crippen LogP contribution is -2.50. The molecule has 25 heavy (non-hydrogen) atoms. The summed E-state index contributed by atoms with van der Waals surface area (Å²) in [6.07, 6.45) is 3.24. The number of nitrogens with one attached hydrogen (secondary N) is 1. The van der Waals surface area contributed by atoms with Gasteiger partial charge in [-0.25, -0.2) is 9.78 Å². The minimum Gasteiger partial charge on any atom is -0.495 e. The SMILES string of the molecule is COc1ccc(Cl)cc1NC(=O)N1CCN(CCn2cncn2)CC1. The summed E-state index contributed by atoms with van der Waals surface area (Å²) < 4.78 is 7.07. The number of anilines is 1. The summed E-state index contributed by atoms with van der Waals surface area (Å²) in [4.78, 5) is 20.5. The zero-order chi connectivity index (χ0) is 17.6. The van der Waals surface area contributed by atoms with E-state index in [-0.39, 0.29) is 6.03 Å². The Hall–Kier alpha value is -2.32. The number of piperazine rings is 1. The van der Waals surface area contributed by atoms with E-state index in [0.717, 1.165) is 26.2 Å². The number of carbonyl (C=O) groups excluding carboxylic acids is 1. The van der Waals surface area contributed by atoms with E-state index in [9.17, 15) is 4.79 Å². The molecule has 0 saturated carbocycles. The van der Waals surface area contributed by atoms with Gasteiger partial charge in [-0.05, 0) is 18.2 Å². The van der Waals surface area contributed by atoms with Crippen LogP contribution in [0.5, 0.6) is 5.75 Å². The molecular formula is C16H21ClN6O2. The quantitative estimate of drug-likeness (QED) is 0.875. The first kappa shape index (κ1) is 17.5. The van der Waals surface area contributed by atoms with Gasteiger partial charge in [-0.3, -0.25) is 9.58 Å². The number of methoxy groups -OCH3 is 1. The fraction of sp³-hybridized carbons (Fsp3) is 0.438. The molecule has 8 nitrogen and oxygen atoms in total. The number of hydrogen-bond donors (Lipinski definition) is 1. The lowest BCUT2D eigenvalue weighted by molar-refractivity contribution is 0.143. The average molecular weight is 365 g/mol. The normalized spacial score (nSPS) is 15.2. The van der Waals surface area contributed by atoms with Crippen molar-refractivity contribution in [2.75, 3.05) is 45.2 Å². The lowest BCUT2D eigenvalue weighted by atomic mass is 10.3. The van der Waals surface area contributed by atoms with E-state index in [0.29, 0.717) is 29.5 Å². The zero-order valence-corrected chi connectivity index (χ0v) is 14.8. The molecule has 1 aromatic heterocycles. The predicted octanol–water partition coefficient (Wildman–Crippen LogP) is 1.79. The molecule has 9 heteroatoms. The molecule has 0 bridgehead atoms. The Kier molecular flexibility index (Phi) is 5.72. The Morgan fingerprint density at radius 3 is 2.76 bits per heavy atom. The first-order chi connectivity index (χ1) is 12.2. The molecule has 1 N–H and O–H groups in total. The number of benzene rings is 1. The number of carbonyl (C=O) groups is 1. The molecule has 2 heterocycles. The molecule has 1 aromatic carbocycles. The van der Waals surface area contributed by atoms with Gasteiger partial charge in [0.2, 0.25) is 0 Å². The van der Waals surface area contributed by atoms with Gasteiger partial charge in [-0.1, -0.05) is 11.6 Å². The Morgan fingerprint density at radius 2 is 2.08 bits per heavy atom. The van der Waals surface area contributed by atoms with Crippen LogP contribution in [0.1, 0.15) is 0 Å². The lowest BCUT2D eigenvalue weighted by Gasteiger charge is -2.34. The number of urea groups is 1. The summed E-state index contributed by atoms with van der Waals surface area (Å²) in [6.45, 7) is 4.69. The van der Waals surface area contributed by atoms with Crippen molar-refractivity contribution < 1.29 is 9.53 Å². The van der Waals surface area contributed by atoms with Crippen molar-refractivity contribution in [1.82, 2.24) is 24.6 Å². The van der Waals surface area contributed by atoms with Crippen molar-refractivity contribution in [3.8, 4) is 5.75 Å². The maximum atomic E-state index is 12.5. The Balaban J connectivity index is 1.49. The van der Waals surface area contributed by atoms with E-state index in [2.05, 4.69) is 20.3 Å². The van der Waals surface area contributed by atoms with Crippen molar-refractivity contribution in [1.29, 1.82) is 0 Å². The third kappa shape index (κ3) is 4.61. The second kappa shape index (κ2) is 8.17. The third-order valence-corrected chi connectivity index (χ3v) is 4.41. The second-order valence-electron chi connectivity index (χ2n) is 5.76. The van der Waals surface area contributed by atoms with Crippen LogP contribution in [0.3, 0.4) is 0 Å². The number of hydrogen-bond acceptors (Lipinski definition) is 5. The molecule has 134 valence electrons. The minimum atomic E-state index is -0.142. The monoisotopic (exact) mass is 364 g/mol. The standard InChI is InChI=1S/C16H21ClN6O2/c1-25-15-3-2-13(17)10-14(15)20-16(24)22-7-4-21(5-8-22)6-9-23-12-18-11-19-23/h2-3,10-12H,4-9H2,1H3,(H,20,24). The highest BCUT2D eigenvalue weighted by Crippen LogP contribution is 2.28. The molecule has 1 aliphatic rings. The van der Waals surface area contributed by atoms with E-state index in [4.69, 9.17) is 16.3 Å². The Bertz CT molecular complexity index is 701. The van der Waals surface area contributed by atoms with Crippen LogP contribution in [0, 0.1) is 0 Å². The number of nitrogens with zero attached hydrogens (tertiary/aromatic N) is 5. The summed E-state index contributed by atoms with van der Waals surface area (Å²) in [6, 6.07) is 5.01. The molecule has 0 radical (unpaired) electrons. The van der Waals surface area contributed by atoms with E-state index < -0.39 is 0 Å². The van der Waals surface area contributed by atoms with Gasteiger partial charge in [0, 0.05) is 37.7 Å². The van der Waals surface area contributed by atoms with Gasteiger partial charge in [0.25, 0.3) is 0 Å². The van der Waals surface area contributed by atoms with Crippen LogP contribution >= 0.6 is 11.6 Å². The maximum absolute atomic E-state index is 12.5. The smallest absolute Gasteiger partial charge is 0.322 e. The van der Waals surface area contributed by atoms with Crippen molar-refractivity contribution >= 4 is 23.3 Å². The summed E-state index contributed by atoms with van der Waals surface area (Å²) in [5.41, 5.74) is 0.577. The van der Waals surface area contributed by atoms with Crippen molar-refractivity contribution in [3.63, 3.8) is 0 Å². The van der Waals surface area contributed by atoms with E-state index in [1.165, 1.54) is 6.33 Å². The van der Waals surface area contributed by atoms with Gasteiger partial charge in [-0.15, -0.1) is 0 Å². The van der Waals surface area contributed by atoms with Gasteiger partial charge >= 0.3 is 6.03 Å². The molecule has 2 aromatic rings.